The zero-order valence-electron chi connectivity index (χ0n) is 27.0. The summed E-state index contributed by atoms with van der Waals surface area (Å²) >= 11 is 7.02. The fraction of sp³-hybridized carbons (Fsp3) is 0.559. The molecule has 254 valence electrons. The highest BCUT2D eigenvalue weighted by Gasteiger charge is 2.36. The van der Waals surface area contributed by atoms with Crippen LogP contribution in [0.4, 0.5) is 21.0 Å². The predicted octanol–water partition coefficient (Wildman–Crippen LogP) is 4.63. The maximum absolute atomic E-state index is 14.0. The van der Waals surface area contributed by atoms with Crippen LogP contribution in [0.5, 0.6) is 0 Å². The average Bonchev–Trinajstić information content (AvgIpc) is 3.25. The zero-order valence-corrected chi connectivity index (χ0v) is 30.2. The molecule has 0 aliphatic carbocycles. The molecular weight excluding hydrogens is 730 g/mol. The van der Waals surface area contributed by atoms with Crippen molar-refractivity contribution < 1.29 is 19.1 Å². The molecule has 0 aromatic heterocycles. The quantitative estimate of drug-likeness (QED) is 0.412. The van der Waals surface area contributed by atoms with E-state index in [1.54, 1.807) is 4.90 Å². The average molecular weight is 776 g/mol. The summed E-state index contributed by atoms with van der Waals surface area (Å²) in [6, 6.07) is 12.1. The topological polar surface area (TPSA) is 115 Å². The van der Waals surface area contributed by atoms with Crippen LogP contribution in [-0.4, -0.2) is 127 Å². The molecule has 0 saturated carbocycles. The van der Waals surface area contributed by atoms with E-state index in [1.807, 2.05) is 46.2 Å². The highest BCUT2D eigenvalue weighted by atomic mass is 79.9. The minimum atomic E-state index is -0.960. The first-order chi connectivity index (χ1) is 22.7. The third-order valence-electron chi connectivity index (χ3n) is 10.2. The van der Waals surface area contributed by atoms with E-state index in [1.165, 1.54) is 0 Å². The van der Waals surface area contributed by atoms with Gasteiger partial charge in [-0.2, -0.15) is 0 Å². The van der Waals surface area contributed by atoms with Crippen LogP contribution in [-0.2, 0) is 22.4 Å². The Kier molecular flexibility index (Phi) is 10.9. The molecule has 4 amide bonds. The van der Waals surface area contributed by atoms with Gasteiger partial charge < -0.3 is 35.4 Å². The molecule has 0 bridgehead atoms. The fourth-order valence-corrected chi connectivity index (χ4v) is 8.57. The molecule has 1 atom stereocenters. The maximum Gasteiger partial charge on any atom is 0.410 e. The summed E-state index contributed by atoms with van der Waals surface area (Å²) in [4.78, 5) is 51.1. The number of anilines is 2. The van der Waals surface area contributed by atoms with E-state index in [4.69, 9.17) is 10.5 Å². The minimum absolute atomic E-state index is 0.0249. The molecular formula is C34H45Br2N7O4. The molecule has 3 saturated heterocycles. The van der Waals surface area contributed by atoms with E-state index in [2.05, 4.69) is 54.0 Å². The summed E-state index contributed by atoms with van der Waals surface area (Å²) in [5, 5.41) is 3.05. The lowest BCUT2D eigenvalue weighted by atomic mass is 10.0. The van der Waals surface area contributed by atoms with E-state index in [9.17, 15) is 14.4 Å². The van der Waals surface area contributed by atoms with Gasteiger partial charge in [-0.1, -0.05) is 18.2 Å². The Balaban J connectivity index is 1.08. The summed E-state index contributed by atoms with van der Waals surface area (Å²) < 4.78 is 7.50. The number of para-hydroxylation sites is 1. The second kappa shape index (κ2) is 15.1. The number of amides is 4. The lowest BCUT2D eigenvalue weighted by Crippen LogP contribution is -2.54. The molecule has 4 aliphatic rings. The molecule has 2 aromatic carbocycles. The molecule has 4 heterocycles. The zero-order chi connectivity index (χ0) is 33.1. The van der Waals surface area contributed by atoms with Gasteiger partial charge in [0.25, 0.3) is 5.91 Å². The number of benzene rings is 2. The van der Waals surface area contributed by atoms with Crippen LogP contribution in [0.25, 0.3) is 0 Å². The monoisotopic (exact) mass is 773 g/mol. The summed E-state index contributed by atoms with van der Waals surface area (Å²) in [6.07, 6.45) is 2.70. The number of rotatable bonds is 6. The van der Waals surface area contributed by atoms with Crippen LogP contribution in [0.2, 0.25) is 0 Å². The molecule has 1 unspecified atom stereocenters. The van der Waals surface area contributed by atoms with Crippen molar-refractivity contribution in [3.05, 3.63) is 56.5 Å². The van der Waals surface area contributed by atoms with Gasteiger partial charge >= 0.3 is 12.1 Å². The lowest BCUT2D eigenvalue weighted by Gasteiger charge is -2.42. The normalized spacial score (nSPS) is 21.2. The van der Waals surface area contributed by atoms with E-state index < -0.39 is 12.2 Å². The SMILES string of the molecule is CN1CCN(C2CCN(C(=O)C(Cc3cc(Br)c(N)c(Br)c3)OC(=O)N3CCC(N4CCc5ccccc5NC4=O)CC3)CC2)CC1. The van der Waals surface area contributed by atoms with Crippen molar-refractivity contribution in [1.82, 2.24) is 24.5 Å². The summed E-state index contributed by atoms with van der Waals surface area (Å²) in [7, 11) is 2.16. The molecule has 2 aromatic rings. The first-order valence-electron chi connectivity index (χ1n) is 16.7. The van der Waals surface area contributed by atoms with Crippen molar-refractivity contribution in [2.75, 3.05) is 77.0 Å². The van der Waals surface area contributed by atoms with Crippen LogP contribution in [0.15, 0.2) is 45.3 Å². The molecule has 3 fully saturated rings. The lowest BCUT2D eigenvalue weighted by molar-refractivity contribution is -0.142. The number of nitrogens with one attached hydrogen (secondary N) is 1. The number of urea groups is 1. The summed E-state index contributed by atoms with van der Waals surface area (Å²) in [5.41, 5.74) is 9.53. The van der Waals surface area contributed by atoms with Crippen molar-refractivity contribution in [3.8, 4) is 0 Å². The number of likely N-dealkylation sites (tertiary alicyclic amines) is 2. The number of nitrogen functional groups attached to an aromatic ring is 1. The standard InChI is InChI=1S/C34H45Br2N7O4/c1-39-16-18-40(19-17-39)25-7-11-41(12-8-25)32(44)30(22-23-20-27(35)31(37)28(36)21-23)47-34(46)42-13-9-26(10-14-42)43-15-6-24-4-2-3-5-29(24)38-33(43)45/h2-5,20-21,25-26,30H,6-19,22,37H2,1H3,(H,38,45). The Hall–Kier alpha value is -2.87. The summed E-state index contributed by atoms with van der Waals surface area (Å²) in [5.74, 6) is -0.157. The number of halogens is 2. The number of fused-ring (bicyclic) bond motifs is 1. The van der Waals surface area contributed by atoms with Crippen LogP contribution in [0.3, 0.4) is 0 Å². The van der Waals surface area contributed by atoms with Gasteiger partial charge in [-0.25, -0.2) is 9.59 Å². The molecule has 11 nitrogen and oxygen atoms in total. The number of carbonyl (C=O) groups excluding carboxylic acids is 3. The van der Waals surface area contributed by atoms with Crippen LogP contribution >= 0.6 is 31.9 Å². The first-order valence-corrected chi connectivity index (χ1v) is 18.3. The molecule has 0 spiro atoms. The number of hydrogen-bond donors (Lipinski definition) is 2. The second-order valence-corrected chi connectivity index (χ2v) is 14.9. The Morgan fingerprint density at radius 1 is 0.894 bits per heavy atom. The smallest absolute Gasteiger partial charge is 0.410 e. The Morgan fingerprint density at radius 3 is 2.19 bits per heavy atom. The van der Waals surface area contributed by atoms with Crippen molar-refractivity contribution >= 4 is 61.3 Å². The van der Waals surface area contributed by atoms with Crippen molar-refractivity contribution in [2.45, 2.75) is 56.7 Å². The number of likely N-dealkylation sites (N-methyl/N-ethyl adjacent to an activating group) is 1. The highest BCUT2D eigenvalue weighted by Crippen LogP contribution is 2.31. The third kappa shape index (κ3) is 8.06. The van der Waals surface area contributed by atoms with Gasteiger partial charge in [0.2, 0.25) is 0 Å². The first kappa shape index (κ1) is 34.0. The highest BCUT2D eigenvalue weighted by molar-refractivity contribution is 9.11. The summed E-state index contributed by atoms with van der Waals surface area (Å²) in [6.45, 7) is 7.09. The minimum Gasteiger partial charge on any atom is -0.436 e. The number of nitrogens with two attached hydrogens (primary N) is 1. The number of piperidine rings is 2. The Labute approximate surface area is 294 Å². The number of nitrogens with zero attached hydrogens (tertiary/aromatic N) is 5. The number of hydrogen-bond acceptors (Lipinski definition) is 7. The van der Waals surface area contributed by atoms with Gasteiger partial charge in [-0.15, -0.1) is 0 Å². The third-order valence-corrected chi connectivity index (χ3v) is 11.5. The van der Waals surface area contributed by atoms with Crippen LogP contribution < -0.4 is 11.1 Å². The molecule has 6 rings (SSSR count). The fourth-order valence-electron chi connectivity index (χ4n) is 7.28. The molecule has 13 heteroatoms. The number of ether oxygens (including phenoxy) is 1. The van der Waals surface area contributed by atoms with Gasteiger partial charge in [0.05, 0.1) is 5.69 Å². The molecule has 4 aliphatic heterocycles. The van der Waals surface area contributed by atoms with E-state index in [-0.39, 0.29) is 24.4 Å². The van der Waals surface area contributed by atoms with Gasteiger partial charge in [0.15, 0.2) is 6.10 Å². The van der Waals surface area contributed by atoms with Crippen LogP contribution in [0, 0.1) is 0 Å². The molecule has 47 heavy (non-hydrogen) atoms. The second-order valence-electron chi connectivity index (χ2n) is 13.2. The predicted molar refractivity (Wildman–Crippen MR) is 189 cm³/mol. The van der Waals surface area contributed by atoms with Crippen LogP contribution in [0.1, 0.15) is 36.8 Å². The van der Waals surface area contributed by atoms with Gasteiger partial charge in [0.1, 0.15) is 0 Å². The van der Waals surface area contributed by atoms with E-state index in [0.717, 1.165) is 71.2 Å². The maximum atomic E-state index is 14.0. The van der Waals surface area contributed by atoms with Crippen molar-refractivity contribution in [1.29, 1.82) is 0 Å². The molecule has 3 N–H and O–H groups in total. The largest absolute Gasteiger partial charge is 0.436 e. The van der Waals surface area contributed by atoms with E-state index in [0.29, 0.717) is 57.3 Å². The van der Waals surface area contributed by atoms with Gasteiger partial charge in [-0.3, -0.25) is 9.69 Å². The number of piperazine rings is 1. The van der Waals surface area contributed by atoms with Crippen molar-refractivity contribution in [3.63, 3.8) is 0 Å². The molecule has 0 radical (unpaired) electrons. The van der Waals surface area contributed by atoms with Gasteiger partial charge in [-0.05, 0) is 100 Å². The Bertz CT molecular complexity index is 1430. The van der Waals surface area contributed by atoms with E-state index >= 15 is 0 Å². The van der Waals surface area contributed by atoms with Crippen molar-refractivity contribution in [2.24, 2.45) is 0 Å². The van der Waals surface area contributed by atoms with Gasteiger partial charge in [0, 0.05) is 92.0 Å². The Morgan fingerprint density at radius 2 is 1.51 bits per heavy atom. The number of carbonyl (C=O) groups is 3.